The molecule has 0 nitrogen and oxygen atoms in total. The molecule has 0 fully saturated rings. The van der Waals surface area contributed by atoms with E-state index in [4.69, 9.17) is 6.58 Å². The lowest BCUT2D eigenvalue weighted by molar-refractivity contribution is 0.670. The molecule has 7 rings (SSSR count). The van der Waals surface area contributed by atoms with Crippen molar-refractivity contribution in [1.29, 1.82) is 0 Å². The maximum absolute atomic E-state index is 4.74. The second-order valence-electron chi connectivity index (χ2n) is 10.6. The Kier molecular flexibility index (Phi) is 4.48. The van der Waals surface area contributed by atoms with E-state index in [1.54, 1.807) is 0 Å². The highest BCUT2D eigenvalue weighted by Crippen LogP contribution is 2.65. The van der Waals surface area contributed by atoms with E-state index in [1.165, 1.54) is 66.8 Å². The van der Waals surface area contributed by atoms with Gasteiger partial charge < -0.3 is 0 Å². The fourth-order valence-electron chi connectivity index (χ4n) is 7.50. The van der Waals surface area contributed by atoms with Gasteiger partial charge in [0.05, 0.1) is 5.41 Å². The molecule has 0 aromatic heterocycles. The molecule has 0 aliphatic heterocycles. The lowest BCUT2D eigenvalue weighted by Crippen LogP contribution is -2.30. The monoisotopic (exact) mass is 462 g/mol. The molecule has 2 unspecified atom stereocenters. The summed E-state index contributed by atoms with van der Waals surface area (Å²) in [5, 5.41) is 0. The molecule has 0 radical (unpaired) electrons. The maximum Gasteiger partial charge on any atom is 0.0719 e. The van der Waals surface area contributed by atoms with Crippen LogP contribution in [0.4, 0.5) is 0 Å². The van der Waals surface area contributed by atoms with Gasteiger partial charge in [0.1, 0.15) is 0 Å². The number of rotatable bonds is 1. The van der Waals surface area contributed by atoms with Crippen LogP contribution in [0.5, 0.6) is 0 Å². The van der Waals surface area contributed by atoms with Gasteiger partial charge in [0, 0.05) is 5.92 Å². The summed E-state index contributed by atoms with van der Waals surface area (Å²) in [5.74, 6) is 0.608. The first-order valence-corrected chi connectivity index (χ1v) is 13.0. The number of hydrogen-bond donors (Lipinski definition) is 0. The second-order valence-corrected chi connectivity index (χ2v) is 10.6. The summed E-state index contributed by atoms with van der Waals surface area (Å²) in [6.45, 7) is 11.5. The molecule has 4 aromatic carbocycles. The summed E-state index contributed by atoms with van der Waals surface area (Å²) in [7, 11) is 0. The van der Waals surface area contributed by atoms with Crippen molar-refractivity contribution >= 4 is 5.57 Å². The van der Waals surface area contributed by atoms with Gasteiger partial charge in [0.2, 0.25) is 0 Å². The summed E-state index contributed by atoms with van der Waals surface area (Å²) in [5.41, 5.74) is 15.9. The number of hydrogen-bond acceptors (Lipinski definition) is 0. The van der Waals surface area contributed by atoms with E-state index in [0.29, 0.717) is 5.92 Å². The van der Waals surface area contributed by atoms with Gasteiger partial charge in [0.25, 0.3) is 0 Å². The first-order chi connectivity index (χ1) is 17.6. The van der Waals surface area contributed by atoms with Crippen LogP contribution in [-0.2, 0) is 5.41 Å². The van der Waals surface area contributed by atoms with E-state index in [2.05, 4.69) is 124 Å². The smallest absolute Gasteiger partial charge is 0.0719 e. The zero-order chi connectivity index (χ0) is 24.6. The molecule has 0 amide bonds. The average molecular weight is 463 g/mol. The molecule has 4 aromatic rings. The van der Waals surface area contributed by atoms with Crippen molar-refractivity contribution in [3.8, 4) is 11.1 Å². The van der Waals surface area contributed by atoms with Crippen LogP contribution in [0.2, 0.25) is 0 Å². The summed E-state index contributed by atoms with van der Waals surface area (Å²) in [6, 6.07) is 34.2. The van der Waals surface area contributed by atoms with Gasteiger partial charge >= 0.3 is 0 Å². The highest BCUT2D eigenvalue weighted by atomic mass is 14.5. The molecule has 0 heteroatoms. The molecule has 2 atom stereocenters. The highest BCUT2D eigenvalue weighted by molar-refractivity contribution is 5.94. The van der Waals surface area contributed by atoms with E-state index < -0.39 is 0 Å². The Bertz CT molecular complexity index is 1590. The van der Waals surface area contributed by atoms with E-state index in [9.17, 15) is 0 Å². The summed E-state index contributed by atoms with van der Waals surface area (Å²) < 4.78 is 0. The lowest BCUT2D eigenvalue weighted by Gasteiger charge is -2.36. The minimum absolute atomic E-state index is 0.278. The van der Waals surface area contributed by atoms with Crippen LogP contribution in [-0.4, -0.2) is 0 Å². The maximum atomic E-state index is 4.74. The van der Waals surface area contributed by atoms with Crippen molar-refractivity contribution in [2.45, 2.75) is 38.0 Å². The molecule has 0 bridgehead atoms. The third-order valence-electron chi connectivity index (χ3n) is 8.84. The Balaban J connectivity index is 1.75. The summed E-state index contributed by atoms with van der Waals surface area (Å²) in [6.07, 6.45) is 4.62. The van der Waals surface area contributed by atoms with Gasteiger partial charge in [-0.2, -0.15) is 0 Å². The van der Waals surface area contributed by atoms with Crippen LogP contribution in [0.25, 0.3) is 16.7 Å². The van der Waals surface area contributed by atoms with E-state index in [1.807, 2.05) is 0 Å². The van der Waals surface area contributed by atoms with E-state index >= 15 is 0 Å². The SMILES string of the molecule is C=C1C2=C(/C=C\C)C3(c4ccccc4-c4ccccc43)c3cc(C)ccc3C(C)C2c2ccccc21. The number of allylic oxidation sites excluding steroid dienone is 5. The molecule has 0 heterocycles. The molecule has 36 heavy (non-hydrogen) atoms. The molecular formula is C36H30. The molecule has 1 spiro atoms. The lowest BCUT2D eigenvalue weighted by atomic mass is 9.64. The molecule has 0 saturated carbocycles. The van der Waals surface area contributed by atoms with Crippen LogP contribution in [0.3, 0.4) is 0 Å². The topological polar surface area (TPSA) is 0 Å². The van der Waals surface area contributed by atoms with Crippen molar-refractivity contribution in [2.24, 2.45) is 0 Å². The predicted molar refractivity (Wildman–Crippen MR) is 151 cm³/mol. The predicted octanol–water partition coefficient (Wildman–Crippen LogP) is 9.11. The van der Waals surface area contributed by atoms with Gasteiger partial charge in [0.15, 0.2) is 0 Å². The van der Waals surface area contributed by atoms with Crippen molar-refractivity contribution in [1.82, 2.24) is 0 Å². The fraction of sp³-hybridized carbons (Fsp3) is 0.167. The largest absolute Gasteiger partial charge is 0.0908 e. The minimum atomic E-state index is -0.385. The van der Waals surface area contributed by atoms with Crippen molar-refractivity contribution in [2.75, 3.05) is 0 Å². The molecule has 0 saturated heterocycles. The second kappa shape index (κ2) is 7.55. The van der Waals surface area contributed by atoms with Crippen LogP contribution < -0.4 is 0 Å². The quantitative estimate of drug-likeness (QED) is 0.265. The van der Waals surface area contributed by atoms with Crippen LogP contribution in [0, 0.1) is 6.92 Å². The Morgan fingerprint density at radius 1 is 0.722 bits per heavy atom. The normalized spacial score (nSPS) is 20.7. The summed E-state index contributed by atoms with van der Waals surface area (Å²) >= 11 is 0. The Morgan fingerprint density at radius 2 is 1.33 bits per heavy atom. The summed E-state index contributed by atoms with van der Waals surface area (Å²) in [4.78, 5) is 0. The zero-order valence-electron chi connectivity index (χ0n) is 21.2. The number of fused-ring (bicyclic) bond motifs is 10. The van der Waals surface area contributed by atoms with E-state index in [-0.39, 0.29) is 11.3 Å². The zero-order valence-corrected chi connectivity index (χ0v) is 21.2. The van der Waals surface area contributed by atoms with E-state index in [0.717, 1.165) is 0 Å². The third kappa shape index (κ3) is 2.49. The third-order valence-corrected chi connectivity index (χ3v) is 8.84. The Hall–Kier alpha value is -3.90. The molecule has 3 aliphatic carbocycles. The van der Waals surface area contributed by atoms with Crippen molar-refractivity contribution < 1.29 is 0 Å². The fourth-order valence-corrected chi connectivity index (χ4v) is 7.50. The Labute approximate surface area is 214 Å². The van der Waals surface area contributed by atoms with Gasteiger partial charge in [-0.05, 0) is 81.0 Å². The standard InChI is InChI=1S/C36H30/c1-5-12-32-35-23(3)25-13-6-7-16-29(25)34(35)24(4)26-20-19-22(2)21-33(26)36(32)30-17-10-8-14-27(30)28-15-9-11-18-31(28)36/h5-21,24,34H,3H2,1-2,4H3/b12-5-. The van der Waals surface area contributed by atoms with Gasteiger partial charge in [-0.3, -0.25) is 0 Å². The highest BCUT2D eigenvalue weighted by Gasteiger charge is 2.53. The van der Waals surface area contributed by atoms with Crippen molar-refractivity contribution in [3.05, 3.63) is 160 Å². The van der Waals surface area contributed by atoms with Gasteiger partial charge in [-0.25, -0.2) is 0 Å². The number of benzene rings is 4. The van der Waals surface area contributed by atoms with Crippen molar-refractivity contribution in [3.63, 3.8) is 0 Å². The minimum Gasteiger partial charge on any atom is -0.0908 e. The van der Waals surface area contributed by atoms with Crippen LogP contribution in [0.15, 0.2) is 121 Å². The average Bonchev–Trinajstić information content (AvgIpc) is 3.34. The first-order valence-electron chi connectivity index (χ1n) is 13.0. The molecular weight excluding hydrogens is 432 g/mol. The van der Waals surface area contributed by atoms with Gasteiger partial charge in [-0.15, -0.1) is 0 Å². The Morgan fingerprint density at radius 3 is 2.00 bits per heavy atom. The molecule has 174 valence electrons. The molecule has 0 N–H and O–H groups in total. The van der Waals surface area contributed by atoms with Gasteiger partial charge in [-0.1, -0.05) is 122 Å². The number of aryl methyl sites for hydroxylation is 1. The molecule has 3 aliphatic rings. The van der Waals surface area contributed by atoms with Crippen LogP contribution >= 0.6 is 0 Å². The van der Waals surface area contributed by atoms with Crippen LogP contribution in [0.1, 0.15) is 64.6 Å². The first kappa shape index (κ1) is 21.4.